The van der Waals surface area contributed by atoms with Crippen LogP contribution in [0.2, 0.25) is 0 Å². The van der Waals surface area contributed by atoms with Gasteiger partial charge in [0.05, 0.1) is 40.5 Å². The molecule has 0 spiro atoms. The molecule has 0 aliphatic rings. The van der Waals surface area contributed by atoms with Crippen molar-refractivity contribution >= 4 is 25.5 Å². The van der Waals surface area contributed by atoms with E-state index >= 15 is 0 Å². The van der Waals surface area contributed by atoms with Crippen LogP contribution in [0.5, 0.6) is 0 Å². The number of hydrogen-bond donors (Lipinski definition) is 2. The van der Waals surface area contributed by atoms with Gasteiger partial charge in [-0.3, -0.25) is 13.8 Å². The summed E-state index contributed by atoms with van der Waals surface area (Å²) in [7, 11) is 1.83. The lowest BCUT2D eigenvalue weighted by Crippen LogP contribution is -2.37. The zero-order valence-electron chi connectivity index (χ0n) is 25.9. The van der Waals surface area contributed by atoms with Crippen molar-refractivity contribution in [3.8, 4) is 0 Å². The third-order valence-corrected chi connectivity index (χ3v) is 8.63. The Balaban J connectivity index is 3.94. The topological polar surface area (TPSA) is 94.1 Å². The van der Waals surface area contributed by atoms with E-state index in [1.54, 1.807) is 11.8 Å². The van der Waals surface area contributed by atoms with Gasteiger partial charge >= 0.3 is 7.82 Å². The summed E-state index contributed by atoms with van der Waals surface area (Å²) in [5, 5.41) is 2.70. The van der Waals surface area contributed by atoms with Gasteiger partial charge in [-0.05, 0) is 12.2 Å². The van der Waals surface area contributed by atoms with Crippen molar-refractivity contribution < 1.29 is 32.5 Å². The molecular formula is C29H62N2O6PS+. The molecule has 10 heteroatoms. The van der Waals surface area contributed by atoms with Crippen LogP contribution in [-0.4, -0.2) is 86.9 Å². The molecule has 0 aromatic heterocycles. The van der Waals surface area contributed by atoms with E-state index in [0.717, 1.165) is 12.2 Å². The highest BCUT2D eigenvalue weighted by Crippen LogP contribution is 2.43. The maximum atomic E-state index is 12.2. The van der Waals surface area contributed by atoms with E-state index in [2.05, 4.69) is 12.2 Å². The third kappa shape index (κ3) is 30.6. The molecule has 39 heavy (non-hydrogen) atoms. The standard InChI is InChI=1S/C29H61N2O6PS/c1-6-7-8-9-10-11-12-13-14-15-16-17-18-19-20-25-39-27-29(35-23-21-30-28(2)32)26-37-38(33,34)36-24-22-31(3,4)5/h29H,6-27H2,1-5H3,(H-,30,32,33,34)/p+1. The van der Waals surface area contributed by atoms with Crippen LogP contribution in [0.4, 0.5) is 0 Å². The molecule has 0 radical (unpaired) electrons. The van der Waals surface area contributed by atoms with E-state index in [4.69, 9.17) is 13.8 Å². The molecule has 2 unspecified atom stereocenters. The molecular weight excluding hydrogens is 535 g/mol. The molecule has 0 saturated heterocycles. The Morgan fingerprint density at radius 3 is 1.85 bits per heavy atom. The second-order valence-corrected chi connectivity index (χ2v) is 14.2. The number of thioether (sulfide) groups is 1. The normalized spacial score (nSPS) is 14.3. The molecule has 0 aromatic carbocycles. The molecule has 2 N–H and O–H groups in total. The van der Waals surface area contributed by atoms with Gasteiger partial charge in [-0.15, -0.1) is 0 Å². The summed E-state index contributed by atoms with van der Waals surface area (Å²) in [6.07, 6.45) is 20.0. The fourth-order valence-corrected chi connectivity index (χ4v) is 5.80. The second-order valence-electron chi connectivity index (χ2n) is 11.6. The molecule has 2 atom stereocenters. The van der Waals surface area contributed by atoms with Crippen LogP contribution in [0, 0.1) is 0 Å². The number of phosphoric ester groups is 1. The minimum absolute atomic E-state index is 0.0237. The number of carbonyl (C=O) groups excluding carboxylic acids is 1. The highest BCUT2D eigenvalue weighted by Gasteiger charge is 2.25. The Morgan fingerprint density at radius 2 is 1.36 bits per heavy atom. The number of nitrogens with zero attached hydrogens (tertiary/aromatic N) is 1. The minimum atomic E-state index is -4.13. The van der Waals surface area contributed by atoms with Gasteiger partial charge in [0.15, 0.2) is 0 Å². The summed E-state index contributed by atoms with van der Waals surface area (Å²) in [4.78, 5) is 21.1. The Kier molecular flexibility index (Phi) is 25.5. The highest BCUT2D eigenvalue weighted by molar-refractivity contribution is 7.99. The largest absolute Gasteiger partial charge is 0.472 e. The Hall–Kier alpha value is -0.150. The van der Waals surface area contributed by atoms with Crippen LogP contribution in [-0.2, 0) is 23.1 Å². The van der Waals surface area contributed by atoms with Crippen molar-refractivity contribution in [2.75, 3.05) is 65.6 Å². The SMILES string of the molecule is CCCCCCCCCCCCCCCCCSCC(COP(=O)(O)OCC[N+](C)(C)C)OCCNC(C)=O. The minimum Gasteiger partial charge on any atom is -0.373 e. The van der Waals surface area contributed by atoms with Crippen LogP contribution in [0.25, 0.3) is 0 Å². The van der Waals surface area contributed by atoms with E-state index in [1.165, 1.54) is 96.8 Å². The summed E-state index contributed by atoms with van der Waals surface area (Å²) in [6, 6.07) is 0. The fraction of sp³-hybridized carbons (Fsp3) is 0.966. The van der Waals surface area contributed by atoms with Crippen LogP contribution in [0.1, 0.15) is 110 Å². The van der Waals surface area contributed by atoms with Crippen molar-refractivity contribution in [3.05, 3.63) is 0 Å². The van der Waals surface area contributed by atoms with Crippen molar-refractivity contribution in [1.29, 1.82) is 0 Å². The van der Waals surface area contributed by atoms with Crippen molar-refractivity contribution in [2.45, 2.75) is 116 Å². The first-order valence-corrected chi connectivity index (χ1v) is 18.1. The molecule has 0 aliphatic heterocycles. The zero-order valence-corrected chi connectivity index (χ0v) is 27.6. The predicted molar refractivity (Wildman–Crippen MR) is 165 cm³/mol. The van der Waals surface area contributed by atoms with E-state index in [-0.39, 0.29) is 25.2 Å². The van der Waals surface area contributed by atoms with Crippen LogP contribution in [0.15, 0.2) is 0 Å². The fourth-order valence-electron chi connectivity index (χ4n) is 4.03. The van der Waals surface area contributed by atoms with Crippen LogP contribution >= 0.6 is 19.6 Å². The lowest BCUT2D eigenvalue weighted by atomic mass is 10.0. The molecule has 0 fully saturated rings. The first kappa shape index (κ1) is 38.9. The maximum absolute atomic E-state index is 12.2. The number of phosphoric acid groups is 1. The first-order chi connectivity index (χ1) is 18.6. The van der Waals surface area contributed by atoms with Crippen molar-refractivity contribution in [3.63, 3.8) is 0 Å². The molecule has 1 amide bonds. The average Bonchev–Trinajstić information content (AvgIpc) is 2.85. The second kappa shape index (κ2) is 25.6. The summed E-state index contributed by atoms with van der Waals surface area (Å²) in [6.45, 7) is 5.17. The van der Waals surface area contributed by atoms with Gasteiger partial charge in [-0.2, -0.15) is 11.8 Å². The van der Waals surface area contributed by atoms with Gasteiger partial charge in [0.2, 0.25) is 5.91 Å². The summed E-state index contributed by atoms with van der Waals surface area (Å²) >= 11 is 1.78. The van der Waals surface area contributed by atoms with E-state index in [0.29, 0.717) is 29.9 Å². The lowest BCUT2D eigenvalue weighted by molar-refractivity contribution is -0.870. The molecule has 0 saturated carbocycles. The van der Waals surface area contributed by atoms with Gasteiger partial charge in [-0.25, -0.2) is 4.57 Å². The number of carbonyl (C=O) groups is 1. The monoisotopic (exact) mass is 597 g/mol. The van der Waals surface area contributed by atoms with Gasteiger partial charge in [0.25, 0.3) is 0 Å². The maximum Gasteiger partial charge on any atom is 0.472 e. The summed E-state index contributed by atoms with van der Waals surface area (Å²) in [5.74, 6) is 1.58. The number of likely N-dealkylation sites (N-methyl/N-ethyl adjacent to an activating group) is 1. The van der Waals surface area contributed by atoms with Crippen LogP contribution in [0.3, 0.4) is 0 Å². The number of unbranched alkanes of at least 4 members (excludes halogenated alkanes) is 14. The van der Waals surface area contributed by atoms with Gasteiger partial charge in [-0.1, -0.05) is 96.8 Å². The highest BCUT2D eigenvalue weighted by atomic mass is 32.2. The predicted octanol–water partition coefficient (Wildman–Crippen LogP) is 6.95. The van der Waals surface area contributed by atoms with Crippen molar-refractivity contribution in [1.82, 2.24) is 5.32 Å². The number of amides is 1. The quantitative estimate of drug-likeness (QED) is 0.0547. The summed E-state index contributed by atoms with van der Waals surface area (Å²) in [5.41, 5.74) is 0. The molecule has 8 nitrogen and oxygen atoms in total. The van der Waals surface area contributed by atoms with Crippen molar-refractivity contribution in [2.24, 2.45) is 0 Å². The molecule has 0 heterocycles. The number of hydrogen-bond acceptors (Lipinski definition) is 6. The zero-order chi connectivity index (χ0) is 29.2. The molecule has 0 bridgehead atoms. The smallest absolute Gasteiger partial charge is 0.373 e. The van der Waals surface area contributed by atoms with Crippen LogP contribution < -0.4 is 5.32 Å². The Bertz CT molecular complexity index is 621. The molecule has 0 rings (SSSR count). The molecule has 234 valence electrons. The molecule has 0 aromatic rings. The number of quaternary nitrogens is 1. The number of rotatable bonds is 29. The Labute approximate surface area is 244 Å². The average molecular weight is 598 g/mol. The third-order valence-electron chi connectivity index (χ3n) is 6.47. The first-order valence-electron chi connectivity index (χ1n) is 15.4. The lowest BCUT2D eigenvalue weighted by Gasteiger charge is -2.24. The summed E-state index contributed by atoms with van der Waals surface area (Å²) < 4.78 is 29.0. The number of ether oxygens (including phenoxy) is 1. The van der Waals surface area contributed by atoms with E-state index < -0.39 is 7.82 Å². The van der Waals surface area contributed by atoms with Gasteiger partial charge < -0.3 is 19.4 Å². The van der Waals surface area contributed by atoms with E-state index in [1.807, 2.05) is 21.1 Å². The Morgan fingerprint density at radius 1 is 0.846 bits per heavy atom. The number of nitrogens with one attached hydrogen (secondary N) is 1. The van der Waals surface area contributed by atoms with Gasteiger partial charge in [0, 0.05) is 19.2 Å². The van der Waals surface area contributed by atoms with Gasteiger partial charge in [0.1, 0.15) is 13.2 Å². The molecule has 0 aliphatic carbocycles. The van der Waals surface area contributed by atoms with E-state index in [9.17, 15) is 14.3 Å².